The predicted octanol–water partition coefficient (Wildman–Crippen LogP) is 7.95. The first kappa shape index (κ1) is 19.1. The number of hydrogen-bond donors (Lipinski definition) is 0. The van der Waals surface area contributed by atoms with Crippen LogP contribution in [-0.2, 0) is 7.05 Å². The number of fused-ring (bicyclic) bond motifs is 6. The summed E-state index contributed by atoms with van der Waals surface area (Å²) >= 11 is 0. The van der Waals surface area contributed by atoms with Gasteiger partial charge in [0.25, 0.3) is 0 Å². The maximum Gasteiger partial charge on any atom is 0.216 e. The molecule has 7 rings (SSSR count). The molecule has 0 bridgehead atoms. The Balaban J connectivity index is 1.51. The van der Waals surface area contributed by atoms with Crippen LogP contribution in [0, 0.1) is 6.92 Å². The summed E-state index contributed by atoms with van der Waals surface area (Å²) in [5.41, 5.74) is 9.24. The molecule has 0 aliphatic carbocycles. The highest BCUT2D eigenvalue weighted by atomic mass is 16.3. The lowest BCUT2D eigenvalue weighted by atomic mass is 9.98. The highest BCUT2D eigenvalue weighted by Gasteiger charge is 2.21. The average Bonchev–Trinajstić information content (AvgIpc) is 3.42. The fourth-order valence-electron chi connectivity index (χ4n) is 5.18. The van der Waals surface area contributed by atoms with E-state index in [1.807, 2.05) is 24.3 Å². The molecule has 0 unspecified atom stereocenters. The third-order valence-corrected chi connectivity index (χ3v) is 6.88. The molecule has 3 heteroatoms. The summed E-state index contributed by atoms with van der Waals surface area (Å²) in [6, 6.07) is 31.6. The van der Waals surface area contributed by atoms with Crippen LogP contribution in [0.5, 0.6) is 0 Å². The first-order chi connectivity index (χ1) is 16.7. The normalized spacial score (nSPS) is 11.8. The summed E-state index contributed by atoms with van der Waals surface area (Å²) in [7, 11) is 2.07. The third kappa shape index (κ3) is 2.67. The van der Waals surface area contributed by atoms with Crippen LogP contribution < -0.4 is 4.57 Å². The SMILES string of the molecule is Cc1ccc2c(oc3c(-c4ccc5c(c4)oc4ccccc45)cccc32)c1-c1cccc[n+]1C. The number of pyridine rings is 1. The molecule has 0 fully saturated rings. The number of aryl methyl sites for hydroxylation is 2. The summed E-state index contributed by atoms with van der Waals surface area (Å²) in [5, 5.41) is 4.52. The van der Waals surface area contributed by atoms with Gasteiger partial charge in [0.2, 0.25) is 5.69 Å². The second-order valence-corrected chi connectivity index (χ2v) is 8.92. The van der Waals surface area contributed by atoms with Crippen molar-refractivity contribution >= 4 is 43.9 Å². The van der Waals surface area contributed by atoms with E-state index < -0.39 is 0 Å². The van der Waals surface area contributed by atoms with Crippen molar-refractivity contribution in [1.29, 1.82) is 0 Å². The Morgan fingerprint density at radius 3 is 2.29 bits per heavy atom. The molecule has 0 atom stereocenters. The van der Waals surface area contributed by atoms with Gasteiger partial charge < -0.3 is 8.83 Å². The number of benzene rings is 4. The molecule has 3 aromatic heterocycles. The molecular formula is C31H22NO2+. The average molecular weight is 441 g/mol. The minimum absolute atomic E-state index is 0.889. The second kappa shape index (κ2) is 7.06. The highest BCUT2D eigenvalue weighted by molar-refractivity contribution is 6.14. The van der Waals surface area contributed by atoms with E-state index >= 15 is 0 Å². The first-order valence-electron chi connectivity index (χ1n) is 11.5. The zero-order valence-corrected chi connectivity index (χ0v) is 19.0. The Morgan fingerprint density at radius 2 is 1.38 bits per heavy atom. The van der Waals surface area contributed by atoms with Gasteiger partial charge in [-0.05, 0) is 42.3 Å². The quantitative estimate of drug-likeness (QED) is 0.255. The van der Waals surface area contributed by atoms with Crippen LogP contribution in [0.4, 0.5) is 0 Å². The number of para-hydroxylation sites is 2. The maximum atomic E-state index is 6.69. The van der Waals surface area contributed by atoms with Gasteiger partial charge in [0.1, 0.15) is 29.4 Å². The monoisotopic (exact) mass is 440 g/mol. The molecule has 3 nitrogen and oxygen atoms in total. The summed E-state index contributed by atoms with van der Waals surface area (Å²) in [4.78, 5) is 0. The standard InChI is InChI=1S/C31H22NO2/c1-19-13-15-25-24-10-7-9-21(30(24)34-31(25)29(19)26-11-5-6-17-32(26)2)20-14-16-23-22-8-3-4-12-27(22)33-28(23)18-20/h3-18H,1-2H3/q+1. The fraction of sp³-hybridized carbons (Fsp3) is 0.0645. The Bertz CT molecular complexity index is 1890. The second-order valence-electron chi connectivity index (χ2n) is 8.92. The summed E-state index contributed by atoms with van der Waals surface area (Å²) in [6.45, 7) is 2.14. The van der Waals surface area contributed by atoms with Crippen molar-refractivity contribution in [2.75, 3.05) is 0 Å². The number of hydrogen-bond acceptors (Lipinski definition) is 2. The minimum Gasteiger partial charge on any atom is -0.456 e. The summed E-state index contributed by atoms with van der Waals surface area (Å²) < 4.78 is 15.0. The van der Waals surface area contributed by atoms with Crippen molar-refractivity contribution in [2.45, 2.75) is 6.92 Å². The predicted molar refractivity (Wildman–Crippen MR) is 138 cm³/mol. The third-order valence-electron chi connectivity index (χ3n) is 6.88. The number of rotatable bonds is 2. The molecule has 0 N–H and O–H groups in total. The van der Waals surface area contributed by atoms with Crippen molar-refractivity contribution in [3.8, 4) is 22.4 Å². The van der Waals surface area contributed by atoms with Crippen molar-refractivity contribution in [1.82, 2.24) is 0 Å². The summed E-state index contributed by atoms with van der Waals surface area (Å²) in [6.07, 6.45) is 2.07. The Hall–Kier alpha value is -4.37. The topological polar surface area (TPSA) is 30.2 Å². The van der Waals surface area contributed by atoms with E-state index in [-0.39, 0.29) is 0 Å². The van der Waals surface area contributed by atoms with Crippen LogP contribution in [0.3, 0.4) is 0 Å². The van der Waals surface area contributed by atoms with E-state index in [0.717, 1.165) is 66.3 Å². The number of furan rings is 2. The Labute approximate surface area is 196 Å². The lowest BCUT2D eigenvalue weighted by Crippen LogP contribution is -2.30. The van der Waals surface area contributed by atoms with Crippen LogP contribution in [0.15, 0.2) is 106 Å². The fourth-order valence-corrected chi connectivity index (χ4v) is 5.18. The van der Waals surface area contributed by atoms with Gasteiger partial charge in [0.05, 0.1) is 5.56 Å². The molecule has 0 aliphatic rings. The number of nitrogens with zero attached hydrogens (tertiary/aromatic N) is 1. The number of aromatic nitrogens is 1. The molecule has 0 spiro atoms. The van der Waals surface area contributed by atoms with Crippen LogP contribution in [0.2, 0.25) is 0 Å². The van der Waals surface area contributed by atoms with Gasteiger partial charge in [-0.2, -0.15) is 0 Å². The molecule has 4 aromatic carbocycles. The molecule has 34 heavy (non-hydrogen) atoms. The molecule has 0 saturated carbocycles. The maximum absolute atomic E-state index is 6.69. The van der Waals surface area contributed by atoms with E-state index in [4.69, 9.17) is 8.83 Å². The van der Waals surface area contributed by atoms with Crippen molar-refractivity contribution in [3.05, 3.63) is 103 Å². The highest BCUT2D eigenvalue weighted by Crippen LogP contribution is 2.41. The van der Waals surface area contributed by atoms with Gasteiger partial charge in [-0.15, -0.1) is 0 Å². The largest absolute Gasteiger partial charge is 0.456 e. The lowest BCUT2D eigenvalue weighted by Gasteiger charge is -2.05. The van der Waals surface area contributed by atoms with Crippen molar-refractivity contribution in [3.63, 3.8) is 0 Å². The Morgan fingerprint density at radius 1 is 0.618 bits per heavy atom. The van der Waals surface area contributed by atoms with Gasteiger partial charge in [0.15, 0.2) is 6.20 Å². The van der Waals surface area contributed by atoms with Gasteiger partial charge >= 0.3 is 0 Å². The molecular weight excluding hydrogens is 418 g/mol. The van der Waals surface area contributed by atoms with Crippen molar-refractivity contribution < 1.29 is 13.4 Å². The lowest BCUT2D eigenvalue weighted by molar-refractivity contribution is -0.660. The van der Waals surface area contributed by atoms with Crippen LogP contribution >= 0.6 is 0 Å². The van der Waals surface area contributed by atoms with E-state index in [2.05, 4.69) is 91.5 Å². The van der Waals surface area contributed by atoms with E-state index in [1.54, 1.807) is 0 Å². The molecule has 0 amide bonds. The van der Waals surface area contributed by atoms with Crippen LogP contribution in [0.25, 0.3) is 66.3 Å². The zero-order valence-electron chi connectivity index (χ0n) is 19.0. The molecule has 0 saturated heterocycles. The van der Waals surface area contributed by atoms with Gasteiger partial charge in [-0.25, -0.2) is 4.57 Å². The molecule has 3 heterocycles. The molecule has 7 aromatic rings. The van der Waals surface area contributed by atoms with E-state index in [9.17, 15) is 0 Å². The van der Waals surface area contributed by atoms with Crippen LogP contribution in [0.1, 0.15) is 5.56 Å². The van der Waals surface area contributed by atoms with Gasteiger partial charge in [0, 0.05) is 39.2 Å². The minimum atomic E-state index is 0.889. The van der Waals surface area contributed by atoms with E-state index in [0.29, 0.717) is 0 Å². The van der Waals surface area contributed by atoms with Gasteiger partial charge in [-0.3, -0.25) is 0 Å². The molecule has 0 aliphatic heterocycles. The molecule has 0 radical (unpaired) electrons. The zero-order chi connectivity index (χ0) is 22.8. The smallest absolute Gasteiger partial charge is 0.216 e. The Kier molecular flexibility index (Phi) is 3.97. The molecule has 162 valence electrons. The summed E-state index contributed by atoms with van der Waals surface area (Å²) in [5.74, 6) is 0. The first-order valence-corrected chi connectivity index (χ1v) is 11.5. The van der Waals surface area contributed by atoms with Crippen molar-refractivity contribution in [2.24, 2.45) is 7.05 Å². The van der Waals surface area contributed by atoms with Crippen LogP contribution in [-0.4, -0.2) is 0 Å². The van der Waals surface area contributed by atoms with E-state index in [1.165, 1.54) is 5.56 Å². The van der Waals surface area contributed by atoms with Gasteiger partial charge in [-0.1, -0.05) is 54.6 Å².